The number of anilines is 1. The molecule has 0 saturated heterocycles. The molecule has 6 heteroatoms. The van der Waals surface area contributed by atoms with E-state index in [0.717, 1.165) is 11.0 Å². The molecule has 2 rings (SSSR count). The second-order valence-corrected chi connectivity index (χ2v) is 4.96. The Labute approximate surface area is 105 Å². The summed E-state index contributed by atoms with van der Waals surface area (Å²) in [5.41, 5.74) is 0.469. The monoisotopic (exact) mass is 301 g/mol. The van der Waals surface area contributed by atoms with Crippen LogP contribution < -0.4 is 5.32 Å². The molecule has 1 N–H and O–H groups in total. The predicted octanol–water partition coefficient (Wildman–Crippen LogP) is 3.54. The van der Waals surface area contributed by atoms with Crippen LogP contribution in [-0.4, -0.2) is 16.7 Å². The van der Waals surface area contributed by atoms with Crippen molar-refractivity contribution in [1.82, 2.24) is 10.2 Å². The molecule has 1 heterocycles. The lowest BCUT2D eigenvalue weighted by Gasteiger charge is -1.98. The van der Waals surface area contributed by atoms with Gasteiger partial charge in [-0.1, -0.05) is 27.3 Å². The molecule has 0 aliphatic heterocycles. The molecule has 0 fully saturated rings. The minimum atomic E-state index is -0.289. The van der Waals surface area contributed by atoms with E-state index >= 15 is 0 Å². The first-order valence-electron chi connectivity index (χ1n) is 4.73. The lowest BCUT2D eigenvalue weighted by atomic mass is 10.2. The van der Waals surface area contributed by atoms with Gasteiger partial charge in [-0.25, -0.2) is 4.39 Å². The van der Waals surface area contributed by atoms with Gasteiger partial charge >= 0.3 is 0 Å². The predicted molar refractivity (Wildman–Crippen MR) is 67.2 cm³/mol. The van der Waals surface area contributed by atoms with Crippen molar-refractivity contribution in [2.24, 2.45) is 0 Å². The molecule has 0 atom stereocenters. The van der Waals surface area contributed by atoms with E-state index in [1.165, 1.54) is 17.4 Å². The summed E-state index contributed by atoms with van der Waals surface area (Å²) in [6, 6.07) is 4.77. The first-order valence-corrected chi connectivity index (χ1v) is 6.34. The van der Waals surface area contributed by atoms with Crippen molar-refractivity contribution in [3.05, 3.63) is 28.5 Å². The molecule has 2 aromatic rings. The molecule has 0 aliphatic carbocycles. The van der Waals surface area contributed by atoms with Gasteiger partial charge < -0.3 is 5.32 Å². The van der Waals surface area contributed by atoms with Gasteiger partial charge in [-0.2, -0.15) is 0 Å². The number of halogens is 2. The summed E-state index contributed by atoms with van der Waals surface area (Å²) in [4.78, 5) is 0. The Balaban J connectivity index is 2.38. The largest absolute Gasteiger partial charge is 0.360 e. The molecule has 0 bridgehead atoms. The third-order valence-electron chi connectivity index (χ3n) is 1.91. The first-order chi connectivity index (χ1) is 7.70. The highest BCUT2D eigenvalue weighted by molar-refractivity contribution is 9.10. The zero-order chi connectivity index (χ0) is 11.5. The molecule has 0 amide bonds. The standard InChI is InChI=1S/C10H9BrFN3S/c1-2-13-10-15-14-9(16-10)7-5-6(11)3-4-8(7)12/h3-5H,2H2,1H3,(H,13,15). The van der Waals surface area contributed by atoms with Gasteiger partial charge in [0, 0.05) is 16.6 Å². The van der Waals surface area contributed by atoms with Crippen molar-refractivity contribution in [3.8, 4) is 10.6 Å². The van der Waals surface area contributed by atoms with Gasteiger partial charge in [0.25, 0.3) is 0 Å². The summed E-state index contributed by atoms with van der Waals surface area (Å²) in [5, 5.41) is 12.2. The fraction of sp³-hybridized carbons (Fsp3) is 0.200. The summed E-state index contributed by atoms with van der Waals surface area (Å²) in [7, 11) is 0. The average Bonchev–Trinajstić information content (AvgIpc) is 2.71. The maximum absolute atomic E-state index is 13.5. The fourth-order valence-corrected chi connectivity index (χ4v) is 2.41. The van der Waals surface area contributed by atoms with Gasteiger partial charge in [-0.15, -0.1) is 10.2 Å². The quantitative estimate of drug-likeness (QED) is 0.942. The third-order valence-corrected chi connectivity index (χ3v) is 3.32. The van der Waals surface area contributed by atoms with Gasteiger partial charge in [0.1, 0.15) is 5.82 Å². The molecule has 16 heavy (non-hydrogen) atoms. The van der Waals surface area contributed by atoms with E-state index in [1.807, 2.05) is 6.92 Å². The summed E-state index contributed by atoms with van der Waals surface area (Å²) in [6.45, 7) is 2.75. The van der Waals surface area contributed by atoms with E-state index in [0.29, 0.717) is 15.7 Å². The van der Waals surface area contributed by atoms with Gasteiger partial charge in [-0.05, 0) is 25.1 Å². The van der Waals surface area contributed by atoms with Crippen LogP contribution in [0.3, 0.4) is 0 Å². The molecule has 0 spiro atoms. The van der Waals surface area contributed by atoms with Gasteiger partial charge in [0.2, 0.25) is 5.13 Å². The van der Waals surface area contributed by atoms with Gasteiger partial charge in [0.15, 0.2) is 5.01 Å². The lowest BCUT2D eigenvalue weighted by Crippen LogP contribution is -1.94. The summed E-state index contributed by atoms with van der Waals surface area (Å²) in [5.74, 6) is -0.289. The van der Waals surface area contributed by atoms with Crippen molar-refractivity contribution >= 4 is 32.4 Å². The average molecular weight is 302 g/mol. The molecule has 0 saturated carbocycles. The molecule has 3 nitrogen and oxygen atoms in total. The van der Waals surface area contributed by atoms with E-state index in [1.54, 1.807) is 12.1 Å². The molecular weight excluding hydrogens is 293 g/mol. The van der Waals surface area contributed by atoms with Crippen LogP contribution in [0.1, 0.15) is 6.92 Å². The highest BCUT2D eigenvalue weighted by Gasteiger charge is 2.11. The highest BCUT2D eigenvalue weighted by Crippen LogP contribution is 2.30. The minimum absolute atomic E-state index is 0.289. The smallest absolute Gasteiger partial charge is 0.205 e. The molecule has 84 valence electrons. The van der Waals surface area contributed by atoms with Gasteiger partial charge in [0.05, 0.1) is 0 Å². The highest BCUT2D eigenvalue weighted by atomic mass is 79.9. The molecule has 1 aromatic carbocycles. The van der Waals surface area contributed by atoms with Crippen LogP contribution in [0.4, 0.5) is 9.52 Å². The SMILES string of the molecule is CCNc1nnc(-c2cc(Br)ccc2F)s1. The van der Waals surface area contributed by atoms with Crippen molar-refractivity contribution in [2.75, 3.05) is 11.9 Å². The zero-order valence-electron chi connectivity index (χ0n) is 8.50. The van der Waals surface area contributed by atoms with Crippen LogP contribution in [0, 0.1) is 5.82 Å². The molecule has 0 unspecified atom stereocenters. The lowest BCUT2D eigenvalue weighted by molar-refractivity contribution is 0.630. The van der Waals surface area contributed by atoms with Crippen LogP contribution in [0.2, 0.25) is 0 Å². The van der Waals surface area contributed by atoms with Crippen molar-refractivity contribution in [2.45, 2.75) is 6.92 Å². The van der Waals surface area contributed by atoms with Crippen molar-refractivity contribution < 1.29 is 4.39 Å². The molecular formula is C10H9BrFN3S. The Morgan fingerprint density at radius 2 is 2.25 bits per heavy atom. The van der Waals surface area contributed by atoms with Crippen LogP contribution in [-0.2, 0) is 0 Å². The Bertz CT molecular complexity index is 501. The number of hydrogen-bond acceptors (Lipinski definition) is 4. The Morgan fingerprint density at radius 1 is 1.44 bits per heavy atom. The van der Waals surface area contributed by atoms with Crippen molar-refractivity contribution in [1.29, 1.82) is 0 Å². The number of aromatic nitrogens is 2. The van der Waals surface area contributed by atoms with E-state index < -0.39 is 0 Å². The van der Waals surface area contributed by atoms with Crippen LogP contribution in [0.5, 0.6) is 0 Å². The Kier molecular flexibility index (Phi) is 3.50. The Morgan fingerprint density at radius 3 is 3.00 bits per heavy atom. The number of hydrogen-bond donors (Lipinski definition) is 1. The normalized spacial score (nSPS) is 10.4. The minimum Gasteiger partial charge on any atom is -0.360 e. The maximum Gasteiger partial charge on any atom is 0.205 e. The maximum atomic E-state index is 13.5. The van der Waals surface area contributed by atoms with Crippen LogP contribution in [0.25, 0.3) is 10.6 Å². The number of nitrogens with one attached hydrogen (secondary N) is 1. The van der Waals surface area contributed by atoms with Crippen molar-refractivity contribution in [3.63, 3.8) is 0 Å². The Hall–Kier alpha value is -1.01. The molecule has 0 radical (unpaired) electrons. The zero-order valence-corrected chi connectivity index (χ0v) is 10.9. The van der Waals surface area contributed by atoms with Crippen LogP contribution in [0.15, 0.2) is 22.7 Å². The summed E-state index contributed by atoms with van der Waals surface area (Å²) in [6.07, 6.45) is 0. The number of benzene rings is 1. The number of rotatable bonds is 3. The summed E-state index contributed by atoms with van der Waals surface area (Å²) < 4.78 is 14.4. The fourth-order valence-electron chi connectivity index (χ4n) is 1.22. The second-order valence-electron chi connectivity index (χ2n) is 3.07. The second kappa shape index (κ2) is 4.88. The van der Waals surface area contributed by atoms with Crippen LogP contribution >= 0.6 is 27.3 Å². The first kappa shape index (κ1) is 11.5. The van der Waals surface area contributed by atoms with E-state index in [4.69, 9.17) is 0 Å². The van der Waals surface area contributed by atoms with E-state index in [9.17, 15) is 4.39 Å². The van der Waals surface area contributed by atoms with E-state index in [-0.39, 0.29) is 5.82 Å². The third kappa shape index (κ3) is 2.38. The molecule has 0 aliphatic rings. The van der Waals surface area contributed by atoms with E-state index in [2.05, 4.69) is 31.4 Å². The number of nitrogens with zero attached hydrogens (tertiary/aromatic N) is 2. The summed E-state index contributed by atoms with van der Waals surface area (Å²) >= 11 is 4.64. The van der Waals surface area contributed by atoms with Gasteiger partial charge in [-0.3, -0.25) is 0 Å². The topological polar surface area (TPSA) is 37.8 Å². The molecule has 1 aromatic heterocycles.